The Balaban J connectivity index is 2.33. The Kier molecular flexibility index (Phi) is 4.63. The van der Waals surface area contributed by atoms with Crippen LogP contribution in [0.2, 0.25) is 0 Å². The van der Waals surface area contributed by atoms with E-state index in [1.807, 2.05) is 31.4 Å². The summed E-state index contributed by atoms with van der Waals surface area (Å²) in [7, 11) is 1.94. The third-order valence-corrected chi connectivity index (χ3v) is 3.97. The zero-order valence-electron chi connectivity index (χ0n) is 10.8. The Morgan fingerprint density at radius 1 is 1.50 bits per heavy atom. The van der Waals surface area contributed by atoms with E-state index < -0.39 is 0 Å². The van der Waals surface area contributed by atoms with Crippen molar-refractivity contribution in [1.82, 2.24) is 14.7 Å². The number of rotatable bonds is 6. The van der Waals surface area contributed by atoms with Crippen LogP contribution >= 0.6 is 11.8 Å². The monoisotopic (exact) mass is 265 g/mol. The molecule has 2 rings (SSSR count). The standard InChI is InChI=1S/C13H19N3OS/c1-10(6-8-17)18-13-11(9-14-2)16-7-4-3-5-12(16)15-13/h3-5,7,10,14,17H,6,8-9H2,1-2H3. The van der Waals surface area contributed by atoms with Crippen molar-refractivity contribution in [3.8, 4) is 0 Å². The summed E-state index contributed by atoms with van der Waals surface area (Å²) in [6, 6.07) is 6.02. The van der Waals surface area contributed by atoms with E-state index in [0.29, 0.717) is 5.25 Å². The predicted octanol–water partition coefficient (Wildman–Crippen LogP) is 1.92. The van der Waals surface area contributed by atoms with Crippen molar-refractivity contribution in [3.05, 3.63) is 30.1 Å². The van der Waals surface area contributed by atoms with Crippen LogP contribution in [0.25, 0.3) is 5.65 Å². The molecule has 0 aliphatic heterocycles. The number of nitrogens with zero attached hydrogens (tertiary/aromatic N) is 2. The summed E-state index contributed by atoms with van der Waals surface area (Å²) >= 11 is 1.73. The SMILES string of the molecule is CNCc1c(SC(C)CCO)nc2ccccn12. The van der Waals surface area contributed by atoms with Crippen LogP contribution in [0.1, 0.15) is 19.0 Å². The van der Waals surface area contributed by atoms with Gasteiger partial charge in [0.1, 0.15) is 10.7 Å². The number of aromatic nitrogens is 2. The highest BCUT2D eigenvalue weighted by Crippen LogP contribution is 2.28. The second kappa shape index (κ2) is 6.22. The smallest absolute Gasteiger partial charge is 0.138 e. The summed E-state index contributed by atoms with van der Waals surface area (Å²) in [5.41, 5.74) is 2.16. The molecule has 2 N–H and O–H groups in total. The quantitative estimate of drug-likeness (QED) is 0.784. The number of hydrogen-bond donors (Lipinski definition) is 2. The fraction of sp³-hybridized carbons (Fsp3) is 0.462. The number of aliphatic hydroxyl groups excluding tert-OH is 1. The van der Waals surface area contributed by atoms with Gasteiger partial charge in [-0.2, -0.15) is 0 Å². The van der Waals surface area contributed by atoms with Crippen LogP contribution in [0.5, 0.6) is 0 Å². The fourth-order valence-corrected chi connectivity index (χ4v) is 2.94. The molecule has 0 bridgehead atoms. The third-order valence-electron chi connectivity index (χ3n) is 2.78. The Morgan fingerprint density at radius 2 is 2.33 bits per heavy atom. The van der Waals surface area contributed by atoms with E-state index in [4.69, 9.17) is 5.11 Å². The Bertz CT molecular complexity index is 512. The first kappa shape index (κ1) is 13.4. The molecule has 2 aromatic heterocycles. The van der Waals surface area contributed by atoms with E-state index in [2.05, 4.69) is 21.6 Å². The zero-order valence-corrected chi connectivity index (χ0v) is 11.6. The lowest BCUT2D eigenvalue weighted by atomic mass is 10.3. The van der Waals surface area contributed by atoms with Crippen molar-refractivity contribution in [3.63, 3.8) is 0 Å². The van der Waals surface area contributed by atoms with Gasteiger partial charge in [0.2, 0.25) is 0 Å². The van der Waals surface area contributed by atoms with Gasteiger partial charge >= 0.3 is 0 Å². The van der Waals surface area contributed by atoms with Gasteiger partial charge in [0, 0.05) is 24.6 Å². The first-order chi connectivity index (χ1) is 8.76. The van der Waals surface area contributed by atoms with Gasteiger partial charge in [-0.1, -0.05) is 13.0 Å². The number of pyridine rings is 1. The minimum absolute atomic E-state index is 0.225. The molecule has 0 aliphatic carbocycles. The van der Waals surface area contributed by atoms with Gasteiger partial charge in [0.15, 0.2) is 0 Å². The maximum absolute atomic E-state index is 8.98. The summed E-state index contributed by atoms with van der Waals surface area (Å²) in [5.74, 6) is 0. The molecule has 0 saturated heterocycles. The van der Waals surface area contributed by atoms with Crippen molar-refractivity contribution in [2.45, 2.75) is 30.2 Å². The molecular weight excluding hydrogens is 246 g/mol. The molecule has 98 valence electrons. The largest absolute Gasteiger partial charge is 0.396 e. The van der Waals surface area contributed by atoms with Crippen LogP contribution in [0, 0.1) is 0 Å². The van der Waals surface area contributed by atoms with Crippen LogP contribution in [0.3, 0.4) is 0 Å². The van der Waals surface area contributed by atoms with Gasteiger partial charge in [-0.15, -0.1) is 11.8 Å². The van der Waals surface area contributed by atoms with Gasteiger partial charge in [-0.3, -0.25) is 0 Å². The van der Waals surface area contributed by atoms with Crippen molar-refractivity contribution >= 4 is 17.4 Å². The number of thioether (sulfide) groups is 1. The van der Waals surface area contributed by atoms with Crippen LogP contribution in [0.4, 0.5) is 0 Å². The van der Waals surface area contributed by atoms with E-state index in [1.54, 1.807) is 11.8 Å². The number of fused-ring (bicyclic) bond motifs is 1. The van der Waals surface area contributed by atoms with Crippen molar-refractivity contribution < 1.29 is 5.11 Å². The van der Waals surface area contributed by atoms with E-state index in [1.165, 1.54) is 5.69 Å². The number of nitrogens with one attached hydrogen (secondary N) is 1. The van der Waals surface area contributed by atoms with Crippen LogP contribution in [-0.4, -0.2) is 33.4 Å². The Morgan fingerprint density at radius 3 is 3.06 bits per heavy atom. The topological polar surface area (TPSA) is 49.6 Å². The number of hydrogen-bond acceptors (Lipinski definition) is 4. The van der Waals surface area contributed by atoms with Crippen molar-refractivity contribution in [2.75, 3.05) is 13.7 Å². The second-order valence-electron chi connectivity index (χ2n) is 4.26. The molecule has 5 heteroatoms. The summed E-state index contributed by atoms with van der Waals surface area (Å²) < 4.78 is 2.12. The average molecular weight is 265 g/mol. The summed E-state index contributed by atoms with van der Waals surface area (Å²) in [5, 5.41) is 13.6. The highest BCUT2D eigenvalue weighted by Gasteiger charge is 2.14. The number of imidazole rings is 1. The second-order valence-corrected chi connectivity index (χ2v) is 5.69. The van der Waals surface area contributed by atoms with Gasteiger partial charge < -0.3 is 14.8 Å². The molecule has 0 aliphatic rings. The first-order valence-electron chi connectivity index (χ1n) is 6.14. The highest BCUT2D eigenvalue weighted by atomic mass is 32.2. The predicted molar refractivity (Wildman–Crippen MR) is 75.0 cm³/mol. The lowest BCUT2D eigenvalue weighted by Gasteiger charge is -2.09. The van der Waals surface area contributed by atoms with E-state index >= 15 is 0 Å². The van der Waals surface area contributed by atoms with Gasteiger partial charge in [0.05, 0.1) is 5.69 Å². The molecule has 18 heavy (non-hydrogen) atoms. The van der Waals surface area contributed by atoms with Crippen molar-refractivity contribution in [1.29, 1.82) is 0 Å². The molecule has 1 unspecified atom stereocenters. The first-order valence-corrected chi connectivity index (χ1v) is 7.02. The normalized spacial score (nSPS) is 13.1. The molecule has 2 heterocycles. The highest BCUT2D eigenvalue weighted by molar-refractivity contribution is 7.99. The maximum Gasteiger partial charge on any atom is 0.138 e. The third kappa shape index (κ3) is 2.85. The van der Waals surface area contributed by atoms with E-state index in [9.17, 15) is 0 Å². The molecule has 0 aromatic carbocycles. The van der Waals surface area contributed by atoms with Crippen molar-refractivity contribution in [2.24, 2.45) is 0 Å². The minimum Gasteiger partial charge on any atom is -0.396 e. The Hall–Kier alpha value is -1.04. The van der Waals surface area contributed by atoms with Crippen LogP contribution in [-0.2, 0) is 6.54 Å². The molecule has 2 aromatic rings. The average Bonchev–Trinajstić information content (AvgIpc) is 2.68. The molecule has 0 spiro atoms. The summed E-state index contributed by atoms with van der Waals surface area (Å²) in [6.07, 6.45) is 2.83. The minimum atomic E-state index is 0.225. The fourth-order valence-electron chi connectivity index (χ4n) is 1.88. The molecule has 0 saturated carbocycles. The van der Waals surface area contributed by atoms with Gasteiger partial charge in [-0.25, -0.2) is 4.98 Å². The molecule has 1 atom stereocenters. The molecule has 0 amide bonds. The summed E-state index contributed by atoms with van der Waals surface area (Å²) in [6.45, 7) is 3.14. The molecule has 4 nitrogen and oxygen atoms in total. The lowest BCUT2D eigenvalue weighted by molar-refractivity contribution is 0.289. The number of aliphatic hydroxyl groups is 1. The Labute approximate surface area is 111 Å². The summed E-state index contributed by atoms with van der Waals surface area (Å²) in [4.78, 5) is 4.66. The lowest BCUT2D eigenvalue weighted by Crippen LogP contribution is -2.09. The van der Waals surface area contributed by atoms with Gasteiger partial charge in [-0.05, 0) is 25.6 Å². The molecule has 0 fully saturated rings. The van der Waals surface area contributed by atoms with Gasteiger partial charge in [0.25, 0.3) is 0 Å². The zero-order chi connectivity index (χ0) is 13.0. The molecular formula is C13H19N3OS. The van der Waals surface area contributed by atoms with Crippen LogP contribution < -0.4 is 5.32 Å². The van der Waals surface area contributed by atoms with E-state index in [0.717, 1.165) is 23.6 Å². The van der Waals surface area contributed by atoms with E-state index in [-0.39, 0.29) is 6.61 Å². The van der Waals surface area contributed by atoms with Crippen LogP contribution in [0.15, 0.2) is 29.4 Å². The molecule has 0 radical (unpaired) electrons. The maximum atomic E-state index is 8.98.